The summed E-state index contributed by atoms with van der Waals surface area (Å²) in [6.07, 6.45) is 52.1. The van der Waals surface area contributed by atoms with Gasteiger partial charge in [-0.2, -0.15) is 0 Å². The van der Waals surface area contributed by atoms with E-state index in [1.54, 1.807) is 0 Å². The molecule has 0 spiro atoms. The van der Waals surface area contributed by atoms with Crippen LogP contribution < -0.4 is 5.32 Å². The number of rotatable bonds is 53. The monoisotopic (exact) mass is 1040 g/mol. The van der Waals surface area contributed by atoms with Crippen LogP contribution in [0.3, 0.4) is 0 Å². The summed E-state index contributed by atoms with van der Waals surface area (Å²) in [5.74, 6) is -0.709. The van der Waals surface area contributed by atoms with Crippen LogP contribution in [0, 0.1) is 0 Å². The van der Waals surface area contributed by atoms with E-state index in [4.69, 9.17) is 9.47 Å². The van der Waals surface area contributed by atoms with Crippen LogP contribution in [0.4, 0.5) is 0 Å². The smallest absolute Gasteiger partial charge is 0.249 e. The third-order valence-corrected chi connectivity index (χ3v) is 14.9. The highest BCUT2D eigenvalue weighted by Gasteiger charge is 2.44. The molecule has 11 heteroatoms. The van der Waals surface area contributed by atoms with Crippen LogP contribution in [0.5, 0.6) is 0 Å². The highest BCUT2D eigenvalue weighted by molar-refractivity contribution is 5.80. The predicted octanol–water partition coefficient (Wildman–Crippen LogP) is 13.5. The van der Waals surface area contributed by atoms with Gasteiger partial charge in [-0.05, 0) is 77.0 Å². The first-order valence-corrected chi connectivity index (χ1v) is 30.9. The molecule has 0 radical (unpaired) electrons. The molecule has 0 aliphatic carbocycles. The van der Waals surface area contributed by atoms with E-state index in [2.05, 4.69) is 55.6 Å². The van der Waals surface area contributed by atoms with Crippen molar-refractivity contribution in [1.82, 2.24) is 5.32 Å². The van der Waals surface area contributed by atoms with Crippen molar-refractivity contribution in [3.63, 3.8) is 0 Å². The van der Waals surface area contributed by atoms with Crippen LogP contribution >= 0.6 is 0 Å². The van der Waals surface area contributed by atoms with Gasteiger partial charge in [-0.1, -0.05) is 243 Å². The standard InChI is InChI=1S/C62H117NO10/c1-3-5-7-9-11-13-15-17-19-21-23-25-26-27-28-30-32-34-36-38-40-42-44-46-48-50-55(66)61(71)63-53(52-72-62-60(70)59(69)58(68)56(51-64)73-62)57(67)54(65)49-47-45-43-41-39-37-35-33-31-29-24-22-20-18-16-14-12-10-8-6-4-2/h27-28,33,35,41,43,53-60,62,64-70H,3-26,29-32,34,36-40,42,44-52H2,1-2H3,(H,63,71)/b28-27-,35-33+,43-41+. The zero-order valence-corrected chi connectivity index (χ0v) is 47.1. The number of amides is 1. The molecule has 9 atom stereocenters. The largest absolute Gasteiger partial charge is 0.394 e. The lowest BCUT2D eigenvalue weighted by Crippen LogP contribution is -2.60. The van der Waals surface area contributed by atoms with E-state index in [-0.39, 0.29) is 12.8 Å². The molecular weight excluding hydrogens is 919 g/mol. The van der Waals surface area contributed by atoms with Gasteiger partial charge in [0.15, 0.2) is 6.29 Å². The molecule has 73 heavy (non-hydrogen) atoms. The van der Waals surface area contributed by atoms with E-state index in [9.17, 15) is 40.5 Å². The topological polar surface area (TPSA) is 189 Å². The lowest BCUT2D eigenvalue weighted by molar-refractivity contribution is -0.303. The zero-order chi connectivity index (χ0) is 53.3. The van der Waals surface area contributed by atoms with Crippen molar-refractivity contribution in [2.24, 2.45) is 0 Å². The Morgan fingerprint density at radius 2 is 0.822 bits per heavy atom. The number of hydrogen-bond acceptors (Lipinski definition) is 10. The predicted molar refractivity (Wildman–Crippen MR) is 302 cm³/mol. The van der Waals surface area contributed by atoms with Gasteiger partial charge in [0.2, 0.25) is 5.91 Å². The molecule has 0 aromatic carbocycles. The summed E-state index contributed by atoms with van der Waals surface area (Å²) < 4.78 is 11.1. The molecule has 1 fully saturated rings. The minimum Gasteiger partial charge on any atom is -0.394 e. The van der Waals surface area contributed by atoms with Crippen LogP contribution in [0.15, 0.2) is 36.5 Å². The van der Waals surface area contributed by atoms with E-state index in [1.165, 1.54) is 199 Å². The Morgan fingerprint density at radius 3 is 1.22 bits per heavy atom. The van der Waals surface area contributed by atoms with Gasteiger partial charge in [0, 0.05) is 0 Å². The molecule has 1 rings (SSSR count). The fraction of sp³-hybridized carbons (Fsp3) is 0.887. The van der Waals surface area contributed by atoms with Crippen molar-refractivity contribution in [3.05, 3.63) is 36.5 Å². The fourth-order valence-electron chi connectivity index (χ4n) is 9.87. The second kappa shape index (κ2) is 51.1. The lowest BCUT2D eigenvalue weighted by Gasteiger charge is -2.40. The maximum Gasteiger partial charge on any atom is 0.249 e. The maximum atomic E-state index is 13.2. The van der Waals surface area contributed by atoms with Gasteiger partial charge in [0.25, 0.3) is 0 Å². The van der Waals surface area contributed by atoms with Crippen LogP contribution in [0.2, 0.25) is 0 Å². The molecule has 430 valence electrons. The third-order valence-electron chi connectivity index (χ3n) is 14.9. The number of aliphatic hydroxyl groups excluding tert-OH is 7. The SMILES string of the molecule is CCCCCCCCCCCCCC/C=C\CCCCCCCCCCCC(O)C(=O)NC(COC1OC(CO)C(O)C(O)C1O)C(O)C(O)CCC/C=C/CC/C=C/CCCCCCCCCCCCCC. The molecule has 1 saturated heterocycles. The van der Waals surface area contributed by atoms with Crippen LogP contribution in [-0.4, -0.2) is 110 Å². The first-order chi connectivity index (χ1) is 35.7. The number of aliphatic hydroxyl groups is 7. The average Bonchev–Trinajstić information content (AvgIpc) is 3.39. The number of nitrogens with one attached hydrogen (secondary N) is 1. The second-order valence-electron chi connectivity index (χ2n) is 21.8. The molecular formula is C62H117NO10. The van der Waals surface area contributed by atoms with Crippen molar-refractivity contribution in [2.75, 3.05) is 13.2 Å². The highest BCUT2D eigenvalue weighted by Crippen LogP contribution is 2.23. The molecule has 0 aromatic heterocycles. The van der Waals surface area contributed by atoms with Gasteiger partial charge in [-0.15, -0.1) is 0 Å². The summed E-state index contributed by atoms with van der Waals surface area (Å²) in [5.41, 5.74) is 0. The number of carbonyl (C=O) groups is 1. The van der Waals surface area contributed by atoms with E-state index >= 15 is 0 Å². The summed E-state index contributed by atoms with van der Waals surface area (Å²) in [4.78, 5) is 13.2. The minimum atomic E-state index is -1.67. The van der Waals surface area contributed by atoms with Crippen LogP contribution in [0.25, 0.3) is 0 Å². The van der Waals surface area contributed by atoms with Gasteiger partial charge in [-0.25, -0.2) is 0 Å². The van der Waals surface area contributed by atoms with Gasteiger partial charge in [0.1, 0.15) is 36.6 Å². The Kier molecular flexibility index (Phi) is 48.5. The van der Waals surface area contributed by atoms with Crippen LogP contribution in [-0.2, 0) is 14.3 Å². The zero-order valence-electron chi connectivity index (χ0n) is 47.1. The first kappa shape index (κ1) is 69.3. The minimum absolute atomic E-state index is 0.246. The molecule has 0 saturated carbocycles. The Bertz CT molecular complexity index is 1280. The Balaban J connectivity index is 2.31. The molecule has 1 aliphatic heterocycles. The molecule has 8 N–H and O–H groups in total. The fourth-order valence-corrected chi connectivity index (χ4v) is 9.87. The third kappa shape index (κ3) is 39.4. The molecule has 0 bridgehead atoms. The lowest BCUT2D eigenvalue weighted by atomic mass is 9.98. The van der Waals surface area contributed by atoms with E-state index < -0.39 is 74.2 Å². The summed E-state index contributed by atoms with van der Waals surface area (Å²) >= 11 is 0. The van der Waals surface area contributed by atoms with Gasteiger partial charge in [0.05, 0.1) is 25.4 Å². The first-order valence-electron chi connectivity index (χ1n) is 30.9. The molecule has 9 unspecified atom stereocenters. The number of allylic oxidation sites excluding steroid dienone is 6. The van der Waals surface area contributed by atoms with E-state index in [0.717, 1.165) is 38.5 Å². The quantitative estimate of drug-likeness (QED) is 0.0215. The number of unbranched alkanes of at least 4 members (excludes halogenated alkanes) is 35. The Morgan fingerprint density at radius 1 is 0.466 bits per heavy atom. The average molecular weight is 1040 g/mol. The van der Waals surface area contributed by atoms with Gasteiger partial charge < -0.3 is 50.5 Å². The molecule has 1 heterocycles. The molecule has 11 nitrogen and oxygen atoms in total. The normalized spacial score (nSPS) is 20.2. The Labute approximate surface area is 447 Å². The maximum absolute atomic E-state index is 13.2. The summed E-state index contributed by atoms with van der Waals surface area (Å²) in [6.45, 7) is 3.47. The summed E-state index contributed by atoms with van der Waals surface area (Å²) in [5, 5.41) is 76.2. The van der Waals surface area contributed by atoms with Crippen molar-refractivity contribution in [2.45, 2.75) is 339 Å². The van der Waals surface area contributed by atoms with Crippen molar-refractivity contribution in [1.29, 1.82) is 0 Å². The number of carbonyl (C=O) groups excluding carboxylic acids is 1. The number of hydrogen-bond donors (Lipinski definition) is 8. The van der Waals surface area contributed by atoms with Crippen LogP contribution in [0.1, 0.15) is 284 Å². The second-order valence-corrected chi connectivity index (χ2v) is 21.8. The van der Waals surface area contributed by atoms with Crippen molar-refractivity contribution >= 4 is 5.91 Å². The van der Waals surface area contributed by atoms with Gasteiger partial charge >= 0.3 is 0 Å². The molecule has 0 aromatic rings. The summed E-state index contributed by atoms with van der Waals surface area (Å²) in [6, 6.07) is -1.19. The Hall–Kier alpha value is -1.67. The van der Waals surface area contributed by atoms with Crippen molar-refractivity contribution < 1.29 is 50.0 Å². The highest BCUT2D eigenvalue weighted by atomic mass is 16.7. The number of ether oxygens (including phenoxy) is 2. The van der Waals surface area contributed by atoms with E-state index in [1.807, 2.05) is 0 Å². The molecule has 1 aliphatic rings. The van der Waals surface area contributed by atoms with Gasteiger partial charge in [-0.3, -0.25) is 4.79 Å². The molecule has 1 amide bonds. The summed E-state index contributed by atoms with van der Waals surface area (Å²) in [7, 11) is 0. The van der Waals surface area contributed by atoms with Crippen molar-refractivity contribution in [3.8, 4) is 0 Å². The van der Waals surface area contributed by atoms with E-state index in [0.29, 0.717) is 19.3 Å².